The van der Waals surface area contributed by atoms with Gasteiger partial charge in [-0.25, -0.2) is 4.39 Å². The number of rotatable bonds is 11. The van der Waals surface area contributed by atoms with E-state index in [2.05, 4.69) is 5.32 Å². The summed E-state index contributed by atoms with van der Waals surface area (Å²) in [6.45, 7) is 3.92. The predicted octanol–water partition coefficient (Wildman–Crippen LogP) is 5.97. The normalized spacial score (nSPS) is 12.6. The zero-order valence-corrected chi connectivity index (χ0v) is 21.0. The molecule has 0 heterocycles. The summed E-state index contributed by atoms with van der Waals surface area (Å²) in [4.78, 5) is 28.6. The summed E-state index contributed by atoms with van der Waals surface area (Å²) in [5, 5.41) is 3.61. The molecule has 0 unspecified atom stereocenters. The molecule has 3 aromatic rings. The van der Waals surface area contributed by atoms with Crippen molar-refractivity contribution >= 4 is 23.4 Å². The standard InChI is InChI=1S/C29H32ClFN2O2/c1-3-21(2)32-29(35)27(19-22-11-5-4-6-12-22)33(20-24-14-8-10-16-26(24)31)28(34)18-17-23-13-7-9-15-25(23)30/h4-16,21,27H,3,17-20H2,1-2H3,(H,32,35)/t21-,27+/m0/s1. The van der Waals surface area contributed by atoms with E-state index in [-0.39, 0.29) is 30.8 Å². The number of amides is 2. The molecule has 3 rings (SSSR count). The predicted molar refractivity (Wildman–Crippen MR) is 139 cm³/mol. The van der Waals surface area contributed by atoms with Crippen LogP contribution >= 0.6 is 11.6 Å². The van der Waals surface area contributed by atoms with Gasteiger partial charge in [-0.2, -0.15) is 0 Å². The summed E-state index contributed by atoms with van der Waals surface area (Å²) in [6.07, 6.45) is 1.67. The molecule has 0 spiro atoms. The maximum absolute atomic E-state index is 14.6. The molecule has 1 N–H and O–H groups in total. The van der Waals surface area contributed by atoms with Crippen LogP contribution in [-0.2, 0) is 29.0 Å². The largest absolute Gasteiger partial charge is 0.352 e. The number of aryl methyl sites for hydroxylation is 1. The Morgan fingerprint density at radius 2 is 1.57 bits per heavy atom. The molecule has 0 fully saturated rings. The first kappa shape index (κ1) is 26.4. The zero-order valence-electron chi connectivity index (χ0n) is 20.2. The molecule has 0 radical (unpaired) electrons. The molecule has 0 saturated heterocycles. The lowest BCUT2D eigenvalue weighted by Crippen LogP contribution is -2.52. The van der Waals surface area contributed by atoms with Crippen LogP contribution in [0.25, 0.3) is 0 Å². The SMILES string of the molecule is CC[C@H](C)NC(=O)[C@@H](Cc1ccccc1)N(Cc1ccccc1F)C(=O)CCc1ccccc1Cl. The third-order valence-corrected chi connectivity index (χ3v) is 6.51. The Labute approximate surface area is 212 Å². The number of hydrogen-bond acceptors (Lipinski definition) is 2. The highest BCUT2D eigenvalue weighted by molar-refractivity contribution is 6.31. The molecule has 184 valence electrons. The van der Waals surface area contributed by atoms with E-state index in [0.29, 0.717) is 23.4 Å². The lowest BCUT2D eigenvalue weighted by Gasteiger charge is -2.32. The quantitative estimate of drug-likeness (QED) is 0.357. The Bertz CT molecular complexity index is 1120. The first-order valence-electron chi connectivity index (χ1n) is 12.0. The summed E-state index contributed by atoms with van der Waals surface area (Å²) in [7, 11) is 0. The highest BCUT2D eigenvalue weighted by Crippen LogP contribution is 2.21. The molecule has 0 aliphatic heterocycles. The van der Waals surface area contributed by atoms with Gasteiger partial charge in [0, 0.05) is 36.0 Å². The van der Waals surface area contributed by atoms with Crippen molar-refractivity contribution in [3.63, 3.8) is 0 Å². The van der Waals surface area contributed by atoms with Gasteiger partial charge in [-0.05, 0) is 43.0 Å². The average molecular weight is 495 g/mol. The van der Waals surface area contributed by atoms with E-state index in [1.165, 1.54) is 11.0 Å². The molecule has 0 aliphatic rings. The van der Waals surface area contributed by atoms with Gasteiger partial charge in [-0.15, -0.1) is 0 Å². The number of carbonyl (C=O) groups is 2. The molecule has 2 amide bonds. The van der Waals surface area contributed by atoms with Crippen LogP contribution in [0.4, 0.5) is 4.39 Å². The van der Waals surface area contributed by atoms with E-state index in [1.807, 2.05) is 62.4 Å². The number of benzene rings is 3. The van der Waals surface area contributed by atoms with Gasteiger partial charge in [0.15, 0.2) is 0 Å². The first-order chi connectivity index (χ1) is 16.9. The molecule has 0 aliphatic carbocycles. The second-order valence-corrected chi connectivity index (χ2v) is 9.14. The smallest absolute Gasteiger partial charge is 0.243 e. The zero-order chi connectivity index (χ0) is 25.2. The Kier molecular flexibility index (Phi) is 9.86. The number of halogens is 2. The fraction of sp³-hybridized carbons (Fsp3) is 0.310. The van der Waals surface area contributed by atoms with Gasteiger partial charge in [0.2, 0.25) is 11.8 Å². The first-order valence-corrected chi connectivity index (χ1v) is 12.4. The van der Waals surface area contributed by atoms with Crippen molar-refractivity contribution in [2.24, 2.45) is 0 Å². The van der Waals surface area contributed by atoms with Gasteiger partial charge in [0.05, 0.1) is 0 Å². The molecule has 4 nitrogen and oxygen atoms in total. The Morgan fingerprint density at radius 3 is 2.23 bits per heavy atom. The van der Waals surface area contributed by atoms with Crippen molar-refractivity contribution in [2.45, 2.75) is 58.2 Å². The minimum atomic E-state index is -0.787. The van der Waals surface area contributed by atoms with Crippen LogP contribution in [0.2, 0.25) is 5.02 Å². The molecule has 0 saturated carbocycles. The van der Waals surface area contributed by atoms with Crippen LogP contribution in [0, 0.1) is 5.82 Å². The highest BCUT2D eigenvalue weighted by Gasteiger charge is 2.31. The summed E-state index contributed by atoms with van der Waals surface area (Å²) in [5.74, 6) is -0.878. The summed E-state index contributed by atoms with van der Waals surface area (Å²) >= 11 is 6.29. The van der Waals surface area contributed by atoms with E-state index < -0.39 is 11.9 Å². The molecule has 35 heavy (non-hydrogen) atoms. The fourth-order valence-electron chi connectivity index (χ4n) is 3.89. The average Bonchev–Trinajstić information content (AvgIpc) is 2.87. The van der Waals surface area contributed by atoms with E-state index in [9.17, 15) is 14.0 Å². The molecule has 3 aromatic carbocycles. The third kappa shape index (κ3) is 7.66. The van der Waals surface area contributed by atoms with Crippen LogP contribution in [0.3, 0.4) is 0 Å². The Hall–Kier alpha value is -3.18. The van der Waals surface area contributed by atoms with Gasteiger partial charge in [0.1, 0.15) is 11.9 Å². The van der Waals surface area contributed by atoms with E-state index in [1.54, 1.807) is 24.3 Å². The van der Waals surface area contributed by atoms with Crippen molar-refractivity contribution in [3.8, 4) is 0 Å². The highest BCUT2D eigenvalue weighted by atomic mass is 35.5. The van der Waals surface area contributed by atoms with Crippen LogP contribution in [-0.4, -0.2) is 28.8 Å². The van der Waals surface area contributed by atoms with Gasteiger partial charge < -0.3 is 10.2 Å². The van der Waals surface area contributed by atoms with Gasteiger partial charge in [-0.3, -0.25) is 9.59 Å². The van der Waals surface area contributed by atoms with Crippen LogP contribution in [0.5, 0.6) is 0 Å². The lowest BCUT2D eigenvalue weighted by molar-refractivity contribution is -0.141. The number of nitrogens with zero attached hydrogens (tertiary/aromatic N) is 1. The van der Waals surface area contributed by atoms with Crippen molar-refractivity contribution in [3.05, 3.63) is 106 Å². The van der Waals surface area contributed by atoms with Crippen LogP contribution in [0.1, 0.15) is 43.4 Å². The van der Waals surface area contributed by atoms with E-state index in [0.717, 1.165) is 17.5 Å². The van der Waals surface area contributed by atoms with Gasteiger partial charge in [-0.1, -0.05) is 85.3 Å². The summed E-state index contributed by atoms with van der Waals surface area (Å²) < 4.78 is 14.6. The minimum absolute atomic E-state index is 0.000541. The maximum atomic E-state index is 14.6. The maximum Gasteiger partial charge on any atom is 0.243 e. The topological polar surface area (TPSA) is 49.4 Å². The van der Waals surface area contributed by atoms with Crippen LogP contribution < -0.4 is 5.32 Å². The van der Waals surface area contributed by atoms with Gasteiger partial charge >= 0.3 is 0 Å². The summed E-state index contributed by atoms with van der Waals surface area (Å²) in [6, 6.07) is 22.5. The van der Waals surface area contributed by atoms with Crippen molar-refractivity contribution in [1.82, 2.24) is 10.2 Å². The monoisotopic (exact) mass is 494 g/mol. The molecule has 6 heteroatoms. The van der Waals surface area contributed by atoms with E-state index in [4.69, 9.17) is 11.6 Å². The second-order valence-electron chi connectivity index (χ2n) is 8.73. The summed E-state index contributed by atoms with van der Waals surface area (Å²) in [5.41, 5.74) is 2.15. The molecule has 0 aromatic heterocycles. The third-order valence-electron chi connectivity index (χ3n) is 6.14. The molecule has 2 atom stereocenters. The Balaban J connectivity index is 1.93. The van der Waals surface area contributed by atoms with Crippen molar-refractivity contribution < 1.29 is 14.0 Å². The molecule has 0 bridgehead atoms. The minimum Gasteiger partial charge on any atom is -0.352 e. The van der Waals surface area contributed by atoms with Crippen LogP contribution in [0.15, 0.2) is 78.9 Å². The fourth-order valence-corrected chi connectivity index (χ4v) is 4.12. The van der Waals surface area contributed by atoms with Gasteiger partial charge in [0.25, 0.3) is 0 Å². The Morgan fingerprint density at radius 1 is 0.943 bits per heavy atom. The van der Waals surface area contributed by atoms with Crippen molar-refractivity contribution in [1.29, 1.82) is 0 Å². The lowest BCUT2D eigenvalue weighted by atomic mass is 10.0. The number of hydrogen-bond donors (Lipinski definition) is 1. The van der Waals surface area contributed by atoms with Crippen molar-refractivity contribution in [2.75, 3.05) is 0 Å². The molecular formula is C29H32ClFN2O2. The second kappa shape index (κ2) is 13.1. The molecular weight excluding hydrogens is 463 g/mol. The number of carbonyl (C=O) groups excluding carboxylic acids is 2. The number of nitrogens with one attached hydrogen (secondary N) is 1. The van der Waals surface area contributed by atoms with E-state index >= 15 is 0 Å².